The molecule has 0 unspecified atom stereocenters. The van der Waals surface area contributed by atoms with Crippen LogP contribution in [0.3, 0.4) is 0 Å². The molecule has 16 heavy (non-hydrogen) atoms. The van der Waals surface area contributed by atoms with Crippen LogP contribution in [0.4, 0.5) is 9.59 Å². The fraction of sp³-hybridized carbons (Fsp3) is 0.800. The maximum Gasteiger partial charge on any atom is 0.521 e. The third-order valence-electron chi connectivity index (χ3n) is 1.61. The summed E-state index contributed by atoms with van der Waals surface area (Å²) >= 11 is 0.357. The highest BCUT2D eigenvalue weighted by molar-refractivity contribution is 8.09. The van der Waals surface area contributed by atoms with Gasteiger partial charge in [0, 0.05) is 0 Å². The van der Waals surface area contributed by atoms with E-state index in [4.69, 9.17) is 4.74 Å². The van der Waals surface area contributed by atoms with Gasteiger partial charge in [-0.2, -0.15) is 0 Å². The Balaban J connectivity index is 3.40. The number of ether oxygens (including phenoxy) is 2. The van der Waals surface area contributed by atoms with Crippen LogP contribution in [0.2, 0.25) is 0 Å². The minimum atomic E-state index is -0.856. The first-order valence-corrected chi connectivity index (χ1v) is 6.12. The second-order valence-electron chi connectivity index (χ2n) is 3.07. The van der Waals surface area contributed by atoms with Crippen molar-refractivity contribution < 1.29 is 23.2 Å². The van der Waals surface area contributed by atoms with Gasteiger partial charge in [-0.15, -0.1) is 0 Å². The van der Waals surface area contributed by atoms with Gasteiger partial charge in [0.2, 0.25) is 0 Å². The summed E-state index contributed by atoms with van der Waals surface area (Å²) in [7, 11) is 0. The number of hydrogen-bond acceptors (Lipinski definition) is 6. The van der Waals surface area contributed by atoms with E-state index in [0.29, 0.717) is 25.3 Å². The Morgan fingerprint density at radius 3 is 2.12 bits per heavy atom. The lowest BCUT2D eigenvalue weighted by atomic mass is 10.4. The van der Waals surface area contributed by atoms with E-state index >= 15 is 0 Å². The van der Waals surface area contributed by atoms with Gasteiger partial charge in [0.1, 0.15) is 0 Å². The Bertz CT molecular complexity index is 185. The van der Waals surface area contributed by atoms with Gasteiger partial charge in [0.15, 0.2) is 12.0 Å². The van der Waals surface area contributed by atoms with E-state index in [0.717, 1.165) is 25.7 Å². The highest BCUT2D eigenvalue weighted by Gasteiger charge is 2.11. The van der Waals surface area contributed by atoms with Crippen LogP contribution >= 0.6 is 12.0 Å². The lowest BCUT2D eigenvalue weighted by Gasteiger charge is -2.04. The summed E-state index contributed by atoms with van der Waals surface area (Å²) < 4.78 is 13.9. The molecule has 94 valence electrons. The minimum absolute atomic E-state index is 0.306. The zero-order valence-corrected chi connectivity index (χ0v) is 10.5. The number of carbonyl (C=O) groups is 2. The molecule has 0 aromatic carbocycles. The Morgan fingerprint density at radius 2 is 1.56 bits per heavy atom. The molecule has 0 aliphatic rings. The van der Waals surface area contributed by atoms with Crippen LogP contribution in [0, 0.1) is 0 Å². The van der Waals surface area contributed by atoms with Gasteiger partial charge in [-0.1, -0.05) is 26.7 Å². The van der Waals surface area contributed by atoms with E-state index in [9.17, 15) is 9.59 Å². The molecule has 0 aromatic heterocycles. The number of hydrogen-bond donors (Lipinski definition) is 0. The molecule has 0 saturated heterocycles. The van der Waals surface area contributed by atoms with Crippen molar-refractivity contribution in [2.24, 2.45) is 0 Å². The Kier molecular flexibility index (Phi) is 10.00. The van der Waals surface area contributed by atoms with Gasteiger partial charge in [0.05, 0.1) is 13.2 Å². The molecule has 0 N–H and O–H groups in total. The van der Waals surface area contributed by atoms with E-state index in [1.54, 1.807) is 0 Å². The standard InChI is InChI=1S/C10H18O5S/c1-3-5-7-13-9(11)15-16-10(12)14-8-6-4-2/h3-8H2,1-2H3. The second-order valence-corrected chi connectivity index (χ2v) is 3.74. The SMILES string of the molecule is CCCCOC(=O)OSC(=O)OCCCC. The second kappa shape index (κ2) is 10.6. The van der Waals surface area contributed by atoms with Crippen molar-refractivity contribution in [3.63, 3.8) is 0 Å². The van der Waals surface area contributed by atoms with E-state index in [2.05, 4.69) is 8.92 Å². The van der Waals surface area contributed by atoms with Crippen molar-refractivity contribution in [3.05, 3.63) is 0 Å². The summed E-state index contributed by atoms with van der Waals surface area (Å²) in [4.78, 5) is 21.8. The topological polar surface area (TPSA) is 61.8 Å². The van der Waals surface area contributed by atoms with E-state index in [1.807, 2.05) is 13.8 Å². The van der Waals surface area contributed by atoms with Crippen LogP contribution < -0.4 is 0 Å². The van der Waals surface area contributed by atoms with Crippen molar-refractivity contribution in [2.45, 2.75) is 39.5 Å². The molecule has 0 radical (unpaired) electrons. The average molecular weight is 250 g/mol. The number of rotatable bonds is 6. The van der Waals surface area contributed by atoms with Crippen LogP contribution in [0.5, 0.6) is 0 Å². The molecule has 0 heterocycles. The summed E-state index contributed by atoms with van der Waals surface area (Å²) in [5.41, 5.74) is 0. The molecule has 0 aliphatic carbocycles. The average Bonchev–Trinajstić information content (AvgIpc) is 2.27. The summed E-state index contributed by atoms with van der Waals surface area (Å²) in [6.45, 7) is 4.62. The monoisotopic (exact) mass is 250 g/mol. The minimum Gasteiger partial charge on any atom is -0.455 e. The van der Waals surface area contributed by atoms with Crippen LogP contribution in [-0.2, 0) is 13.7 Å². The molecule has 0 bridgehead atoms. The first-order chi connectivity index (χ1) is 7.70. The van der Waals surface area contributed by atoms with Gasteiger partial charge in [-0.25, -0.2) is 9.59 Å². The van der Waals surface area contributed by atoms with Gasteiger partial charge < -0.3 is 13.7 Å². The smallest absolute Gasteiger partial charge is 0.455 e. The Labute approximate surface area is 100 Å². The molecular formula is C10H18O5S. The van der Waals surface area contributed by atoms with Crippen molar-refractivity contribution >= 4 is 23.5 Å². The van der Waals surface area contributed by atoms with Crippen LogP contribution in [0.1, 0.15) is 39.5 Å². The number of unbranched alkanes of at least 4 members (excludes halogenated alkanes) is 2. The van der Waals surface area contributed by atoms with Crippen LogP contribution in [0.15, 0.2) is 0 Å². The highest BCUT2D eigenvalue weighted by Crippen LogP contribution is 2.09. The fourth-order valence-electron chi connectivity index (χ4n) is 0.716. The maximum absolute atomic E-state index is 11.0. The number of carbonyl (C=O) groups excluding carboxylic acids is 2. The van der Waals surface area contributed by atoms with E-state index in [-0.39, 0.29) is 0 Å². The van der Waals surface area contributed by atoms with Crippen LogP contribution in [-0.4, -0.2) is 24.7 Å². The molecule has 0 spiro atoms. The van der Waals surface area contributed by atoms with Crippen molar-refractivity contribution in [3.8, 4) is 0 Å². The Hall–Kier alpha value is -0.910. The lowest BCUT2D eigenvalue weighted by Crippen LogP contribution is -2.07. The molecule has 0 atom stereocenters. The predicted molar refractivity (Wildman–Crippen MR) is 61.2 cm³/mol. The molecule has 0 aromatic rings. The van der Waals surface area contributed by atoms with Gasteiger partial charge in [-0.3, -0.25) is 0 Å². The third kappa shape index (κ3) is 9.64. The highest BCUT2D eigenvalue weighted by atomic mass is 32.2. The molecule has 0 rings (SSSR count). The first kappa shape index (κ1) is 15.1. The molecule has 0 amide bonds. The van der Waals surface area contributed by atoms with Crippen molar-refractivity contribution in [1.29, 1.82) is 0 Å². The van der Waals surface area contributed by atoms with Gasteiger partial charge in [0.25, 0.3) is 0 Å². The first-order valence-electron chi connectivity index (χ1n) is 5.38. The molecule has 0 saturated carbocycles. The fourth-order valence-corrected chi connectivity index (χ4v) is 1.03. The van der Waals surface area contributed by atoms with Gasteiger partial charge >= 0.3 is 11.5 Å². The van der Waals surface area contributed by atoms with Crippen molar-refractivity contribution in [2.75, 3.05) is 13.2 Å². The van der Waals surface area contributed by atoms with Gasteiger partial charge in [-0.05, 0) is 12.8 Å². The molecule has 0 fully saturated rings. The molecule has 0 aliphatic heterocycles. The molecule has 6 heteroatoms. The normalized spacial score (nSPS) is 9.62. The van der Waals surface area contributed by atoms with E-state index in [1.165, 1.54) is 0 Å². The zero-order chi connectivity index (χ0) is 12.2. The zero-order valence-electron chi connectivity index (χ0n) is 9.69. The summed E-state index contributed by atoms with van der Waals surface area (Å²) in [5.74, 6) is 0. The largest absolute Gasteiger partial charge is 0.521 e. The van der Waals surface area contributed by atoms with Crippen molar-refractivity contribution in [1.82, 2.24) is 0 Å². The summed E-state index contributed by atoms with van der Waals surface area (Å²) in [5, 5.41) is -0.624. The van der Waals surface area contributed by atoms with Crippen LogP contribution in [0.25, 0.3) is 0 Å². The Morgan fingerprint density at radius 1 is 1.00 bits per heavy atom. The summed E-state index contributed by atoms with van der Waals surface area (Å²) in [6.07, 6.45) is 2.59. The third-order valence-corrected chi connectivity index (χ3v) is 2.09. The summed E-state index contributed by atoms with van der Waals surface area (Å²) in [6, 6.07) is 0. The molecule has 5 nitrogen and oxygen atoms in total. The van der Waals surface area contributed by atoms with E-state index < -0.39 is 11.5 Å². The predicted octanol–water partition coefficient (Wildman–Crippen LogP) is 3.52. The quantitative estimate of drug-likeness (QED) is 0.408. The maximum atomic E-state index is 11.0. The lowest BCUT2D eigenvalue weighted by molar-refractivity contribution is 0.104. The molecular weight excluding hydrogens is 232 g/mol.